The van der Waals surface area contributed by atoms with E-state index in [1.807, 2.05) is 0 Å². The van der Waals surface area contributed by atoms with Gasteiger partial charge in [0.1, 0.15) is 0 Å². The molecular weight excluding hydrogens is 220 g/mol. The molecule has 1 fully saturated rings. The molecule has 0 aliphatic heterocycles. The van der Waals surface area contributed by atoms with Gasteiger partial charge in [-0.25, -0.2) is 0 Å². The molecule has 0 saturated heterocycles. The predicted molar refractivity (Wildman–Crippen MR) is 79.2 cm³/mol. The smallest absolute Gasteiger partial charge is 0.0366 e. The number of rotatable bonds is 7. The highest BCUT2D eigenvalue weighted by Crippen LogP contribution is 2.31. The van der Waals surface area contributed by atoms with Gasteiger partial charge in [-0.15, -0.1) is 0 Å². The van der Waals surface area contributed by atoms with Crippen molar-refractivity contribution in [1.29, 1.82) is 0 Å². The van der Waals surface area contributed by atoms with E-state index in [-0.39, 0.29) is 0 Å². The van der Waals surface area contributed by atoms with Crippen molar-refractivity contribution < 1.29 is 0 Å². The maximum absolute atomic E-state index is 3.47. The third-order valence-electron chi connectivity index (χ3n) is 3.74. The van der Waals surface area contributed by atoms with Crippen LogP contribution >= 0.6 is 0 Å². The van der Waals surface area contributed by atoms with E-state index in [0.717, 1.165) is 19.0 Å². The Labute approximate surface area is 111 Å². The Kier molecular flexibility index (Phi) is 4.65. The lowest BCUT2D eigenvalue weighted by atomic mass is 10.1. The van der Waals surface area contributed by atoms with E-state index >= 15 is 0 Å². The summed E-state index contributed by atoms with van der Waals surface area (Å²) >= 11 is 0. The molecule has 0 spiro atoms. The SMILES string of the molecule is CCCNCc1ccc(N(C)CC2CC2)cc1C. The Bertz CT molecular complexity index is 383. The van der Waals surface area contributed by atoms with Gasteiger partial charge in [-0.05, 0) is 61.9 Å². The lowest BCUT2D eigenvalue weighted by Crippen LogP contribution is -2.20. The van der Waals surface area contributed by atoms with Crippen molar-refractivity contribution in [3.05, 3.63) is 29.3 Å². The number of hydrogen-bond donors (Lipinski definition) is 1. The fourth-order valence-electron chi connectivity index (χ4n) is 2.31. The second-order valence-electron chi connectivity index (χ2n) is 5.61. The van der Waals surface area contributed by atoms with Crippen LogP contribution in [0.15, 0.2) is 18.2 Å². The number of hydrogen-bond acceptors (Lipinski definition) is 2. The molecule has 0 aromatic heterocycles. The number of benzene rings is 1. The van der Waals surface area contributed by atoms with Crippen LogP contribution in [-0.2, 0) is 6.54 Å². The summed E-state index contributed by atoms with van der Waals surface area (Å²) in [4.78, 5) is 2.40. The highest BCUT2D eigenvalue weighted by molar-refractivity contribution is 5.50. The zero-order valence-corrected chi connectivity index (χ0v) is 12.0. The van der Waals surface area contributed by atoms with E-state index in [2.05, 4.69) is 49.3 Å². The van der Waals surface area contributed by atoms with Crippen LogP contribution in [0.4, 0.5) is 5.69 Å². The van der Waals surface area contributed by atoms with E-state index in [0.29, 0.717) is 0 Å². The zero-order chi connectivity index (χ0) is 13.0. The van der Waals surface area contributed by atoms with Crippen LogP contribution in [0.3, 0.4) is 0 Å². The van der Waals surface area contributed by atoms with Crippen molar-refractivity contribution >= 4 is 5.69 Å². The summed E-state index contributed by atoms with van der Waals surface area (Å²) in [6, 6.07) is 6.86. The number of aryl methyl sites for hydroxylation is 1. The van der Waals surface area contributed by atoms with Crippen molar-refractivity contribution in [3.63, 3.8) is 0 Å². The fourth-order valence-corrected chi connectivity index (χ4v) is 2.31. The van der Waals surface area contributed by atoms with Gasteiger partial charge in [0.2, 0.25) is 0 Å². The summed E-state index contributed by atoms with van der Waals surface area (Å²) < 4.78 is 0. The first-order chi connectivity index (χ1) is 8.70. The lowest BCUT2D eigenvalue weighted by molar-refractivity contribution is 0.673. The highest BCUT2D eigenvalue weighted by Gasteiger charge is 2.22. The van der Waals surface area contributed by atoms with Crippen LogP contribution < -0.4 is 10.2 Å². The van der Waals surface area contributed by atoms with Gasteiger partial charge in [0.15, 0.2) is 0 Å². The van der Waals surface area contributed by atoms with Crippen LogP contribution in [0.2, 0.25) is 0 Å². The minimum atomic E-state index is 0.946. The molecule has 2 rings (SSSR count). The molecule has 100 valence electrons. The molecule has 1 aromatic carbocycles. The average Bonchev–Trinajstić information content (AvgIpc) is 3.15. The molecule has 2 heteroatoms. The molecule has 0 radical (unpaired) electrons. The van der Waals surface area contributed by atoms with E-state index in [9.17, 15) is 0 Å². The molecule has 0 amide bonds. The lowest BCUT2D eigenvalue weighted by Gasteiger charge is -2.20. The molecule has 2 nitrogen and oxygen atoms in total. The maximum Gasteiger partial charge on any atom is 0.0366 e. The Morgan fingerprint density at radius 1 is 1.33 bits per heavy atom. The summed E-state index contributed by atoms with van der Waals surface area (Å²) in [7, 11) is 2.21. The predicted octanol–water partition coefficient (Wildman–Crippen LogP) is 3.34. The molecule has 1 saturated carbocycles. The first-order valence-electron chi connectivity index (χ1n) is 7.22. The Balaban J connectivity index is 1.94. The third kappa shape index (κ3) is 3.74. The maximum atomic E-state index is 3.47. The van der Waals surface area contributed by atoms with Crippen LogP contribution in [0.1, 0.15) is 37.3 Å². The summed E-state index contributed by atoms with van der Waals surface area (Å²) in [5.41, 5.74) is 4.18. The minimum absolute atomic E-state index is 0.946. The number of nitrogens with one attached hydrogen (secondary N) is 1. The molecular formula is C16H26N2. The van der Waals surface area contributed by atoms with Gasteiger partial charge in [-0.2, -0.15) is 0 Å². The summed E-state index contributed by atoms with van der Waals surface area (Å²) in [5.74, 6) is 0.946. The molecule has 1 aromatic rings. The van der Waals surface area contributed by atoms with Crippen molar-refractivity contribution in [1.82, 2.24) is 5.32 Å². The number of nitrogens with zero attached hydrogens (tertiary/aromatic N) is 1. The van der Waals surface area contributed by atoms with E-state index < -0.39 is 0 Å². The fraction of sp³-hybridized carbons (Fsp3) is 0.625. The van der Waals surface area contributed by atoms with Gasteiger partial charge in [0.25, 0.3) is 0 Å². The largest absolute Gasteiger partial charge is 0.374 e. The molecule has 1 aliphatic carbocycles. The van der Waals surface area contributed by atoms with Crippen LogP contribution in [0, 0.1) is 12.8 Å². The van der Waals surface area contributed by atoms with Crippen molar-refractivity contribution in [2.45, 2.75) is 39.7 Å². The third-order valence-corrected chi connectivity index (χ3v) is 3.74. The first-order valence-corrected chi connectivity index (χ1v) is 7.22. The summed E-state index contributed by atoms with van der Waals surface area (Å²) in [6.07, 6.45) is 4.03. The van der Waals surface area contributed by atoms with Gasteiger partial charge >= 0.3 is 0 Å². The normalized spacial score (nSPS) is 14.8. The van der Waals surface area contributed by atoms with Gasteiger partial charge < -0.3 is 10.2 Å². The van der Waals surface area contributed by atoms with Gasteiger partial charge in [-0.3, -0.25) is 0 Å². The number of anilines is 1. The second-order valence-corrected chi connectivity index (χ2v) is 5.61. The van der Waals surface area contributed by atoms with Crippen molar-refractivity contribution in [3.8, 4) is 0 Å². The highest BCUT2D eigenvalue weighted by atomic mass is 15.1. The Morgan fingerprint density at radius 2 is 2.11 bits per heavy atom. The molecule has 0 unspecified atom stereocenters. The molecule has 1 N–H and O–H groups in total. The second kappa shape index (κ2) is 6.24. The molecule has 0 heterocycles. The quantitative estimate of drug-likeness (QED) is 0.742. The monoisotopic (exact) mass is 246 g/mol. The van der Waals surface area contributed by atoms with Crippen LogP contribution in [0.5, 0.6) is 0 Å². The van der Waals surface area contributed by atoms with Crippen LogP contribution in [-0.4, -0.2) is 20.1 Å². The van der Waals surface area contributed by atoms with Crippen molar-refractivity contribution in [2.24, 2.45) is 5.92 Å². The topological polar surface area (TPSA) is 15.3 Å². The Morgan fingerprint density at radius 3 is 2.72 bits per heavy atom. The van der Waals surface area contributed by atoms with E-state index in [1.165, 1.54) is 42.6 Å². The molecule has 1 aliphatic rings. The first kappa shape index (κ1) is 13.4. The van der Waals surface area contributed by atoms with Gasteiger partial charge in [-0.1, -0.05) is 13.0 Å². The van der Waals surface area contributed by atoms with Crippen molar-refractivity contribution in [2.75, 3.05) is 25.0 Å². The standard InChI is InChI=1S/C16H26N2/c1-4-9-17-11-15-7-8-16(10-13(15)2)18(3)12-14-5-6-14/h7-8,10,14,17H,4-6,9,11-12H2,1-3H3. The average molecular weight is 246 g/mol. The molecule has 0 atom stereocenters. The molecule has 0 bridgehead atoms. The molecule has 18 heavy (non-hydrogen) atoms. The van der Waals surface area contributed by atoms with Gasteiger partial charge in [0.05, 0.1) is 0 Å². The summed E-state index contributed by atoms with van der Waals surface area (Å²) in [5, 5.41) is 3.47. The summed E-state index contributed by atoms with van der Waals surface area (Å²) in [6.45, 7) is 7.73. The minimum Gasteiger partial charge on any atom is -0.374 e. The van der Waals surface area contributed by atoms with E-state index in [1.54, 1.807) is 0 Å². The van der Waals surface area contributed by atoms with E-state index in [4.69, 9.17) is 0 Å². The van der Waals surface area contributed by atoms with Crippen LogP contribution in [0.25, 0.3) is 0 Å². The van der Waals surface area contributed by atoms with Gasteiger partial charge in [0, 0.05) is 25.8 Å². The zero-order valence-electron chi connectivity index (χ0n) is 12.0. The Hall–Kier alpha value is -1.02.